The van der Waals surface area contributed by atoms with Gasteiger partial charge in [0.1, 0.15) is 0 Å². The molecule has 96 valence electrons. The predicted molar refractivity (Wildman–Crippen MR) is 69.8 cm³/mol. The van der Waals surface area contributed by atoms with Crippen molar-refractivity contribution in [2.24, 2.45) is 5.92 Å². The molecule has 0 heterocycles. The van der Waals surface area contributed by atoms with Crippen molar-refractivity contribution in [1.29, 1.82) is 0 Å². The summed E-state index contributed by atoms with van der Waals surface area (Å²) >= 11 is 1.66. The van der Waals surface area contributed by atoms with Crippen LogP contribution < -0.4 is 10.6 Å². The molecule has 3 N–H and O–H groups in total. The van der Waals surface area contributed by atoms with Gasteiger partial charge >= 0.3 is 6.03 Å². The van der Waals surface area contributed by atoms with E-state index in [4.69, 9.17) is 5.11 Å². The molecule has 0 bridgehead atoms. The number of thioether (sulfide) groups is 1. The normalized spacial score (nSPS) is 14.6. The SMILES string of the molecule is CSCC(CCO)NC(=O)NC(C)C(C)C. The fourth-order valence-corrected chi connectivity index (χ4v) is 1.81. The first-order valence-electron chi connectivity index (χ1n) is 5.68. The molecule has 2 unspecified atom stereocenters. The summed E-state index contributed by atoms with van der Waals surface area (Å²) in [5.74, 6) is 1.24. The van der Waals surface area contributed by atoms with Gasteiger partial charge in [-0.05, 0) is 25.5 Å². The maximum absolute atomic E-state index is 11.6. The van der Waals surface area contributed by atoms with E-state index >= 15 is 0 Å². The monoisotopic (exact) mass is 248 g/mol. The van der Waals surface area contributed by atoms with E-state index in [1.807, 2.05) is 13.2 Å². The molecule has 0 aromatic carbocycles. The summed E-state index contributed by atoms with van der Waals surface area (Å²) in [7, 11) is 0. The highest BCUT2D eigenvalue weighted by Gasteiger charge is 2.14. The van der Waals surface area contributed by atoms with Gasteiger partial charge in [0, 0.05) is 24.4 Å². The number of urea groups is 1. The van der Waals surface area contributed by atoms with Crippen LogP contribution in [0, 0.1) is 5.92 Å². The molecule has 0 rings (SSSR count). The highest BCUT2D eigenvalue weighted by atomic mass is 32.2. The fraction of sp³-hybridized carbons (Fsp3) is 0.909. The summed E-state index contributed by atoms with van der Waals surface area (Å²) in [6.07, 6.45) is 2.59. The lowest BCUT2D eigenvalue weighted by atomic mass is 10.1. The fourth-order valence-electron chi connectivity index (χ4n) is 1.15. The van der Waals surface area contributed by atoms with Gasteiger partial charge in [-0.1, -0.05) is 13.8 Å². The molecule has 16 heavy (non-hydrogen) atoms. The molecule has 2 atom stereocenters. The average molecular weight is 248 g/mol. The van der Waals surface area contributed by atoms with Gasteiger partial charge in [-0.2, -0.15) is 11.8 Å². The number of hydrogen-bond acceptors (Lipinski definition) is 3. The maximum Gasteiger partial charge on any atom is 0.315 e. The minimum Gasteiger partial charge on any atom is -0.396 e. The highest BCUT2D eigenvalue weighted by molar-refractivity contribution is 7.98. The minimum atomic E-state index is -0.145. The molecule has 2 amide bonds. The predicted octanol–water partition coefficient (Wildman–Crippen LogP) is 1.44. The van der Waals surface area contributed by atoms with Crippen molar-refractivity contribution >= 4 is 17.8 Å². The molecule has 0 aliphatic carbocycles. The average Bonchev–Trinajstić information content (AvgIpc) is 2.17. The number of rotatable bonds is 7. The zero-order valence-electron chi connectivity index (χ0n) is 10.6. The van der Waals surface area contributed by atoms with Gasteiger partial charge < -0.3 is 15.7 Å². The number of hydrogen-bond donors (Lipinski definition) is 3. The van der Waals surface area contributed by atoms with E-state index in [0.717, 1.165) is 5.75 Å². The molecule has 0 aliphatic heterocycles. The van der Waals surface area contributed by atoms with Gasteiger partial charge in [-0.25, -0.2) is 4.79 Å². The van der Waals surface area contributed by atoms with E-state index in [1.54, 1.807) is 11.8 Å². The van der Waals surface area contributed by atoms with Gasteiger partial charge in [0.15, 0.2) is 0 Å². The van der Waals surface area contributed by atoms with Crippen LogP contribution in [-0.4, -0.2) is 41.8 Å². The zero-order valence-corrected chi connectivity index (χ0v) is 11.4. The van der Waals surface area contributed by atoms with Crippen molar-refractivity contribution in [1.82, 2.24) is 10.6 Å². The van der Waals surface area contributed by atoms with Gasteiger partial charge in [0.25, 0.3) is 0 Å². The Kier molecular flexibility index (Phi) is 8.47. The summed E-state index contributed by atoms with van der Waals surface area (Å²) < 4.78 is 0. The van der Waals surface area contributed by atoms with Crippen LogP contribution in [0.15, 0.2) is 0 Å². The Labute approximate surface area is 103 Å². The number of nitrogens with one attached hydrogen (secondary N) is 2. The van der Waals surface area contributed by atoms with Crippen molar-refractivity contribution in [2.75, 3.05) is 18.6 Å². The van der Waals surface area contributed by atoms with Crippen molar-refractivity contribution in [3.05, 3.63) is 0 Å². The number of aliphatic hydroxyl groups is 1. The Balaban J connectivity index is 3.98. The van der Waals surface area contributed by atoms with E-state index in [1.165, 1.54) is 0 Å². The lowest BCUT2D eigenvalue weighted by Gasteiger charge is -2.21. The van der Waals surface area contributed by atoms with Crippen LogP contribution in [0.2, 0.25) is 0 Å². The lowest BCUT2D eigenvalue weighted by Crippen LogP contribution is -2.47. The second kappa shape index (κ2) is 8.70. The first-order chi connectivity index (χ1) is 7.51. The molecule has 0 spiro atoms. The molecular formula is C11H24N2O2S. The van der Waals surface area contributed by atoms with E-state index in [2.05, 4.69) is 24.5 Å². The Morgan fingerprint density at radius 2 is 1.94 bits per heavy atom. The molecule has 5 heteroatoms. The topological polar surface area (TPSA) is 61.4 Å². The van der Waals surface area contributed by atoms with Crippen LogP contribution in [0.5, 0.6) is 0 Å². The van der Waals surface area contributed by atoms with E-state index < -0.39 is 0 Å². The summed E-state index contributed by atoms with van der Waals surface area (Å²) in [6.45, 7) is 6.22. The highest BCUT2D eigenvalue weighted by Crippen LogP contribution is 2.02. The van der Waals surface area contributed by atoms with Crippen LogP contribution in [0.25, 0.3) is 0 Å². The minimum absolute atomic E-state index is 0.0411. The Hall–Kier alpha value is -0.420. The lowest BCUT2D eigenvalue weighted by molar-refractivity contribution is 0.225. The van der Waals surface area contributed by atoms with Crippen LogP contribution in [0.4, 0.5) is 4.79 Å². The first-order valence-corrected chi connectivity index (χ1v) is 7.07. The summed E-state index contributed by atoms with van der Waals surface area (Å²) in [5, 5.41) is 14.6. The molecule has 4 nitrogen and oxygen atoms in total. The van der Waals surface area contributed by atoms with E-state index in [9.17, 15) is 4.79 Å². The van der Waals surface area contributed by atoms with Gasteiger partial charge in [0.05, 0.1) is 0 Å². The smallest absolute Gasteiger partial charge is 0.315 e. The van der Waals surface area contributed by atoms with Crippen LogP contribution in [0.1, 0.15) is 27.2 Å². The van der Waals surface area contributed by atoms with Crippen LogP contribution in [0.3, 0.4) is 0 Å². The molecule has 0 aliphatic rings. The summed E-state index contributed by atoms with van der Waals surface area (Å²) in [5.41, 5.74) is 0. The van der Waals surface area contributed by atoms with E-state index in [0.29, 0.717) is 12.3 Å². The third kappa shape index (κ3) is 6.95. The van der Waals surface area contributed by atoms with Crippen molar-refractivity contribution in [3.63, 3.8) is 0 Å². The largest absolute Gasteiger partial charge is 0.396 e. The Morgan fingerprint density at radius 1 is 1.31 bits per heavy atom. The molecule has 0 saturated heterocycles. The number of carbonyl (C=O) groups excluding carboxylic acids is 1. The molecule has 0 aromatic heterocycles. The molecular weight excluding hydrogens is 224 g/mol. The Morgan fingerprint density at radius 3 is 2.38 bits per heavy atom. The van der Waals surface area contributed by atoms with Gasteiger partial charge in [-0.15, -0.1) is 0 Å². The molecule has 0 fully saturated rings. The van der Waals surface area contributed by atoms with Crippen LogP contribution >= 0.6 is 11.8 Å². The standard InChI is InChI=1S/C11H24N2O2S/c1-8(2)9(3)12-11(15)13-10(5-6-14)7-16-4/h8-10,14H,5-7H2,1-4H3,(H2,12,13,15). The number of aliphatic hydroxyl groups excluding tert-OH is 1. The van der Waals surface area contributed by atoms with E-state index in [-0.39, 0.29) is 24.7 Å². The quantitative estimate of drug-likeness (QED) is 0.639. The first kappa shape index (κ1) is 15.6. The van der Waals surface area contributed by atoms with Crippen molar-refractivity contribution in [2.45, 2.75) is 39.3 Å². The zero-order chi connectivity index (χ0) is 12.6. The summed E-state index contributed by atoms with van der Waals surface area (Å²) in [6, 6.07) is 0.0529. The maximum atomic E-state index is 11.6. The summed E-state index contributed by atoms with van der Waals surface area (Å²) in [4.78, 5) is 11.6. The Bertz CT molecular complexity index is 194. The third-order valence-corrected chi connectivity index (χ3v) is 3.28. The van der Waals surface area contributed by atoms with Crippen molar-refractivity contribution < 1.29 is 9.90 Å². The molecule has 0 aromatic rings. The number of carbonyl (C=O) groups is 1. The van der Waals surface area contributed by atoms with Gasteiger partial charge in [-0.3, -0.25) is 0 Å². The second-order valence-electron chi connectivity index (χ2n) is 4.32. The number of amides is 2. The van der Waals surface area contributed by atoms with Gasteiger partial charge in [0.2, 0.25) is 0 Å². The second-order valence-corrected chi connectivity index (χ2v) is 5.23. The molecule has 0 saturated carbocycles. The third-order valence-electron chi connectivity index (χ3n) is 2.54. The molecule has 0 radical (unpaired) electrons. The van der Waals surface area contributed by atoms with Crippen LogP contribution in [-0.2, 0) is 0 Å². The van der Waals surface area contributed by atoms with Crippen molar-refractivity contribution in [3.8, 4) is 0 Å².